The van der Waals surface area contributed by atoms with E-state index in [-0.39, 0.29) is 12.8 Å². The van der Waals surface area contributed by atoms with Gasteiger partial charge in [0.05, 0.1) is 6.04 Å². The van der Waals surface area contributed by atoms with E-state index in [2.05, 4.69) is 27.5 Å². The molecule has 8 nitrogen and oxygen atoms in total. The lowest BCUT2D eigenvalue weighted by Crippen LogP contribution is -2.49. The molecule has 1 saturated heterocycles. The molecule has 2 heterocycles. The molecule has 1 fully saturated rings. The fourth-order valence-electron chi connectivity index (χ4n) is 4.22. The second-order valence-corrected chi connectivity index (χ2v) is 8.51. The summed E-state index contributed by atoms with van der Waals surface area (Å²) in [6.45, 7) is 8.09. The average molecular weight is 439 g/mol. The number of aryl methyl sites for hydroxylation is 2. The lowest BCUT2D eigenvalue weighted by Gasteiger charge is -2.38. The van der Waals surface area contributed by atoms with Gasteiger partial charge in [-0.25, -0.2) is 0 Å². The number of nitrogens with zero attached hydrogens (tertiary/aromatic N) is 2. The number of hydrogen-bond donors (Lipinski definition) is 2. The first-order valence-electron chi connectivity index (χ1n) is 10.9. The van der Waals surface area contributed by atoms with Gasteiger partial charge in [-0.2, -0.15) is 0 Å². The molecule has 0 radical (unpaired) electrons. The van der Waals surface area contributed by atoms with Crippen LogP contribution in [0.4, 0.5) is 5.69 Å². The summed E-state index contributed by atoms with van der Waals surface area (Å²) in [7, 11) is 2.10. The minimum absolute atomic E-state index is 0.0730. The number of hydrogen-bond acceptors (Lipinski definition) is 6. The van der Waals surface area contributed by atoms with Gasteiger partial charge in [-0.05, 0) is 61.9 Å². The smallest absolute Gasteiger partial charge is 0.313 e. The van der Waals surface area contributed by atoms with Crippen LogP contribution in [0.15, 0.2) is 36.4 Å². The van der Waals surface area contributed by atoms with Gasteiger partial charge in [0.25, 0.3) is 0 Å². The molecule has 0 unspecified atom stereocenters. The van der Waals surface area contributed by atoms with Crippen LogP contribution in [0.1, 0.15) is 22.7 Å². The van der Waals surface area contributed by atoms with Crippen molar-refractivity contribution in [1.29, 1.82) is 0 Å². The normalized spacial score (nSPS) is 17.1. The topological polar surface area (TPSA) is 83.1 Å². The van der Waals surface area contributed by atoms with E-state index >= 15 is 0 Å². The summed E-state index contributed by atoms with van der Waals surface area (Å²) in [4.78, 5) is 29.7. The van der Waals surface area contributed by atoms with Crippen LogP contribution in [0, 0.1) is 13.8 Å². The molecule has 2 N–H and O–H groups in total. The molecule has 2 aliphatic rings. The van der Waals surface area contributed by atoms with Crippen LogP contribution in [0.2, 0.25) is 0 Å². The minimum atomic E-state index is -0.669. The maximum Gasteiger partial charge on any atom is 0.313 e. The average Bonchev–Trinajstić information content (AvgIpc) is 3.22. The molecule has 2 amide bonds. The van der Waals surface area contributed by atoms with Gasteiger partial charge < -0.3 is 25.0 Å². The van der Waals surface area contributed by atoms with Crippen LogP contribution >= 0.6 is 0 Å². The number of anilines is 1. The Kier molecular flexibility index (Phi) is 6.62. The van der Waals surface area contributed by atoms with Crippen molar-refractivity contribution in [3.63, 3.8) is 0 Å². The zero-order valence-electron chi connectivity index (χ0n) is 18.8. The van der Waals surface area contributed by atoms with E-state index in [4.69, 9.17) is 9.47 Å². The molecular formula is C24H30N4O4. The molecule has 32 heavy (non-hydrogen) atoms. The molecule has 0 spiro atoms. The number of piperazine rings is 1. The zero-order valence-corrected chi connectivity index (χ0v) is 18.8. The van der Waals surface area contributed by atoms with E-state index in [1.807, 2.05) is 50.2 Å². The van der Waals surface area contributed by atoms with Gasteiger partial charge >= 0.3 is 11.8 Å². The van der Waals surface area contributed by atoms with Crippen LogP contribution in [0.5, 0.6) is 11.5 Å². The highest BCUT2D eigenvalue weighted by Crippen LogP contribution is 2.35. The number of likely N-dealkylation sites (N-methyl/N-ethyl adjacent to an activating group) is 1. The maximum absolute atomic E-state index is 12.6. The lowest BCUT2D eigenvalue weighted by molar-refractivity contribution is -0.136. The maximum atomic E-state index is 12.6. The summed E-state index contributed by atoms with van der Waals surface area (Å²) in [6.07, 6.45) is 0. The molecule has 2 aliphatic heterocycles. The second-order valence-electron chi connectivity index (χ2n) is 8.51. The predicted octanol–water partition coefficient (Wildman–Crippen LogP) is 2.08. The first-order valence-corrected chi connectivity index (χ1v) is 10.9. The standard InChI is InChI=1S/C24H30N4O4/c1-16-10-17(2)12-19(11-16)26-24(30)23(29)25-14-20(28-8-6-27(3)7-9-28)18-4-5-21-22(13-18)32-15-31-21/h4-5,10-13,20H,6-9,14-15H2,1-3H3,(H,25,29)(H,26,30)/t20-/m1/s1. The highest BCUT2D eigenvalue weighted by Gasteiger charge is 2.27. The fraction of sp³-hybridized carbons (Fsp3) is 0.417. The molecule has 2 aromatic carbocycles. The van der Waals surface area contributed by atoms with E-state index in [0.717, 1.165) is 48.6 Å². The van der Waals surface area contributed by atoms with Gasteiger partial charge in [0, 0.05) is 38.4 Å². The van der Waals surface area contributed by atoms with Crippen molar-refractivity contribution < 1.29 is 19.1 Å². The third kappa shape index (κ3) is 5.20. The van der Waals surface area contributed by atoms with E-state index < -0.39 is 11.8 Å². The summed E-state index contributed by atoms with van der Waals surface area (Å²) < 4.78 is 11.0. The van der Waals surface area contributed by atoms with Crippen molar-refractivity contribution in [2.24, 2.45) is 0 Å². The Balaban J connectivity index is 1.44. The SMILES string of the molecule is Cc1cc(C)cc(NC(=O)C(=O)NC[C@H](c2ccc3c(c2)OCO3)N2CCN(C)CC2)c1. The third-order valence-electron chi connectivity index (χ3n) is 5.90. The fourth-order valence-corrected chi connectivity index (χ4v) is 4.22. The van der Waals surface area contributed by atoms with Gasteiger partial charge in [-0.3, -0.25) is 14.5 Å². The largest absolute Gasteiger partial charge is 0.454 e. The number of amides is 2. The molecule has 4 rings (SSSR count). The minimum Gasteiger partial charge on any atom is -0.454 e. The Hall–Kier alpha value is -3.10. The first kappa shape index (κ1) is 22.1. The summed E-state index contributed by atoms with van der Waals surface area (Å²) in [5.41, 5.74) is 3.69. The molecule has 0 bridgehead atoms. The van der Waals surface area contributed by atoms with Gasteiger partial charge in [-0.1, -0.05) is 12.1 Å². The van der Waals surface area contributed by atoms with Gasteiger partial charge in [0.2, 0.25) is 6.79 Å². The number of nitrogens with one attached hydrogen (secondary N) is 2. The Morgan fingerprint density at radius 1 is 0.938 bits per heavy atom. The van der Waals surface area contributed by atoms with Crippen molar-refractivity contribution in [3.05, 3.63) is 53.1 Å². The molecule has 0 aromatic heterocycles. The molecule has 0 aliphatic carbocycles. The molecule has 0 saturated carbocycles. The lowest BCUT2D eigenvalue weighted by atomic mass is 10.0. The van der Waals surface area contributed by atoms with Crippen LogP contribution in [-0.4, -0.2) is 68.2 Å². The van der Waals surface area contributed by atoms with E-state index in [9.17, 15) is 9.59 Å². The van der Waals surface area contributed by atoms with Crippen molar-refractivity contribution in [2.75, 3.05) is 51.9 Å². The Morgan fingerprint density at radius 2 is 1.62 bits per heavy atom. The van der Waals surface area contributed by atoms with Crippen LogP contribution < -0.4 is 20.1 Å². The molecule has 2 aromatic rings. The van der Waals surface area contributed by atoms with Crippen LogP contribution in [0.3, 0.4) is 0 Å². The number of fused-ring (bicyclic) bond motifs is 1. The summed E-state index contributed by atoms with van der Waals surface area (Å²) >= 11 is 0. The Bertz CT molecular complexity index is 981. The number of ether oxygens (including phenoxy) is 2. The number of benzene rings is 2. The van der Waals surface area contributed by atoms with E-state index in [1.54, 1.807) is 0 Å². The first-order chi connectivity index (χ1) is 15.4. The zero-order chi connectivity index (χ0) is 22.7. The highest BCUT2D eigenvalue weighted by molar-refractivity contribution is 6.39. The van der Waals surface area contributed by atoms with Gasteiger partial charge in [-0.15, -0.1) is 0 Å². The van der Waals surface area contributed by atoms with E-state index in [0.29, 0.717) is 18.0 Å². The van der Waals surface area contributed by atoms with Crippen molar-refractivity contribution in [2.45, 2.75) is 19.9 Å². The summed E-state index contributed by atoms with van der Waals surface area (Å²) in [6, 6.07) is 11.5. The summed E-state index contributed by atoms with van der Waals surface area (Å²) in [5.74, 6) is 0.116. The number of rotatable bonds is 5. The van der Waals surface area contributed by atoms with Crippen molar-refractivity contribution in [3.8, 4) is 11.5 Å². The highest BCUT2D eigenvalue weighted by atomic mass is 16.7. The number of carbonyl (C=O) groups excluding carboxylic acids is 2. The van der Waals surface area contributed by atoms with Gasteiger partial charge in [0.15, 0.2) is 11.5 Å². The Morgan fingerprint density at radius 3 is 2.34 bits per heavy atom. The summed E-state index contributed by atoms with van der Waals surface area (Å²) in [5, 5.41) is 5.53. The molecule has 8 heteroatoms. The van der Waals surface area contributed by atoms with Crippen molar-refractivity contribution in [1.82, 2.24) is 15.1 Å². The van der Waals surface area contributed by atoms with Gasteiger partial charge in [0.1, 0.15) is 0 Å². The second kappa shape index (κ2) is 9.58. The molecule has 1 atom stereocenters. The third-order valence-corrected chi connectivity index (χ3v) is 5.90. The van der Waals surface area contributed by atoms with Crippen LogP contribution in [-0.2, 0) is 9.59 Å². The van der Waals surface area contributed by atoms with Crippen LogP contribution in [0.25, 0.3) is 0 Å². The monoisotopic (exact) mass is 438 g/mol. The Labute approximate surface area is 188 Å². The quantitative estimate of drug-likeness (QED) is 0.696. The van der Waals surface area contributed by atoms with Crippen molar-refractivity contribution >= 4 is 17.5 Å². The molecule has 170 valence electrons. The van der Waals surface area contributed by atoms with E-state index in [1.165, 1.54) is 0 Å². The predicted molar refractivity (Wildman–Crippen MR) is 122 cm³/mol. The molecular weight excluding hydrogens is 408 g/mol. The number of carbonyl (C=O) groups is 2.